The summed E-state index contributed by atoms with van der Waals surface area (Å²) in [5, 5.41) is 3.44. The lowest BCUT2D eigenvalue weighted by atomic mass is 10.1. The second-order valence-corrected chi connectivity index (χ2v) is 6.96. The Balaban J connectivity index is 4.95. The molecular weight excluding hydrogens is 256 g/mol. The minimum atomic E-state index is -4.32. The van der Waals surface area contributed by atoms with Crippen LogP contribution in [0.1, 0.15) is 27.7 Å². The van der Waals surface area contributed by atoms with Gasteiger partial charge in [0, 0.05) is 0 Å². The molecule has 0 aliphatic rings. The zero-order chi connectivity index (χ0) is 13.0. The van der Waals surface area contributed by atoms with Crippen LogP contribution in [-0.2, 0) is 20.2 Å². The highest BCUT2D eigenvalue weighted by molar-refractivity contribution is 7.91. The summed E-state index contributed by atoms with van der Waals surface area (Å²) in [7, 11) is -8.15. The van der Waals surface area contributed by atoms with Gasteiger partial charge in [0.15, 0.2) is 0 Å². The molecule has 0 radical (unpaired) electrons. The fraction of sp³-hybridized carbons (Fsp3) is 1.00. The van der Waals surface area contributed by atoms with Crippen LogP contribution < -0.4 is 0 Å². The number of nitrogens with zero attached hydrogens (tertiary/aromatic N) is 4. The van der Waals surface area contributed by atoms with E-state index in [0.29, 0.717) is 0 Å². The van der Waals surface area contributed by atoms with Gasteiger partial charge in [-0.15, -0.1) is 0 Å². The van der Waals surface area contributed by atoms with E-state index < -0.39 is 25.8 Å². The summed E-state index contributed by atoms with van der Waals surface area (Å²) < 4.78 is 52.1. The highest BCUT2D eigenvalue weighted by atomic mass is 32.2. The van der Waals surface area contributed by atoms with Crippen LogP contribution in [0.4, 0.5) is 0 Å². The van der Waals surface area contributed by atoms with Gasteiger partial charge >= 0.3 is 10.2 Å². The van der Waals surface area contributed by atoms with Crippen molar-refractivity contribution in [1.82, 2.24) is 0 Å². The maximum atomic E-state index is 11.1. The van der Waals surface area contributed by atoms with Gasteiger partial charge in [0.1, 0.15) is 0 Å². The first-order chi connectivity index (χ1) is 6.97. The first-order valence-corrected chi connectivity index (χ1v) is 7.34. The number of rotatable bonds is 4. The lowest BCUT2D eigenvalue weighted by molar-refractivity contribution is 0.543. The van der Waals surface area contributed by atoms with Crippen LogP contribution in [0.25, 0.3) is 0 Å². The largest absolute Gasteiger partial charge is 0.398 e. The number of hydrogen-bond donors (Lipinski definition) is 0. The Kier molecular flexibility index (Phi) is 4.68. The molecule has 0 aromatic rings. The molecule has 0 fully saturated rings. The number of sulfonamides is 1. The molecule has 0 amide bonds. The molecule has 8 nitrogen and oxygen atoms in total. The quantitative estimate of drug-likeness (QED) is 0.715. The molecular formula is C6H14N4O4S2. The summed E-state index contributed by atoms with van der Waals surface area (Å²) >= 11 is 0. The minimum absolute atomic E-state index is 0.331. The van der Waals surface area contributed by atoms with E-state index in [4.69, 9.17) is 0 Å². The Morgan fingerprint density at radius 2 is 1.44 bits per heavy atom. The van der Waals surface area contributed by atoms with Gasteiger partial charge in [-0.1, -0.05) is 0 Å². The molecule has 0 aromatic heterocycles. The van der Waals surface area contributed by atoms with Gasteiger partial charge in [0.2, 0.25) is 0 Å². The van der Waals surface area contributed by atoms with Gasteiger partial charge in [-0.2, -0.15) is 13.5 Å². The van der Waals surface area contributed by atoms with Crippen LogP contribution in [0.2, 0.25) is 0 Å². The Hall–Kier alpha value is -0.900. The third kappa shape index (κ3) is 7.40. The van der Waals surface area contributed by atoms with E-state index in [0.717, 1.165) is 0 Å². The second-order valence-electron chi connectivity index (χ2n) is 3.83. The topological polar surface area (TPSA) is 118 Å². The van der Waals surface area contributed by atoms with E-state index >= 15 is 0 Å². The first-order valence-electron chi connectivity index (χ1n) is 4.33. The lowest BCUT2D eigenvalue weighted by Gasteiger charge is -2.07. The Morgan fingerprint density at radius 1 is 0.938 bits per heavy atom. The Labute approximate surface area is 95.1 Å². The standard InChI is InChI=1S/C6H14N4O4S2/c1-5-15(11,12)9-10-16(13,14)8-7-6(2,3)4/h5H2,1-4H3. The molecule has 0 aromatic carbocycles. The Morgan fingerprint density at radius 3 is 1.81 bits per heavy atom. The molecule has 0 rings (SSSR count). The van der Waals surface area contributed by atoms with Crippen molar-refractivity contribution in [3.63, 3.8) is 0 Å². The van der Waals surface area contributed by atoms with E-state index in [2.05, 4.69) is 18.7 Å². The zero-order valence-corrected chi connectivity index (χ0v) is 11.1. The van der Waals surface area contributed by atoms with Gasteiger partial charge in [-0.3, -0.25) is 0 Å². The average Bonchev–Trinajstić information content (AvgIpc) is 2.12. The molecule has 94 valence electrons. The van der Waals surface area contributed by atoms with Gasteiger partial charge in [0.05, 0.1) is 11.3 Å². The molecule has 0 aliphatic heterocycles. The highest BCUT2D eigenvalue weighted by Gasteiger charge is 2.13. The summed E-state index contributed by atoms with van der Waals surface area (Å²) in [4.78, 5) is 0. The summed E-state index contributed by atoms with van der Waals surface area (Å²) in [6, 6.07) is 0. The van der Waals surface area contributed by atoms with E-state index in [1.165, 1.54) is 6.92 Å². The summed E-state index contributed by atoms with van der Waals surface area (Å²) in [5.74, 6) is -0.331. The summed E-state index contributed by atoms with van der Waals surface area (Å²) in [6.07, 6.45) is 0. The van der Waals surface area contributed by atoms with E-state index in [9.17, 15) is 16.8 Å². The van der Waals surface area contributed by atoms with Crippen LogP contribution >= 0.6 is 0 Å². The normalized spacial score (nSPS) is 15.0. The van der Waals surface area contributed by atoms with Crippen LogP contribution in [-0.4, -0.2) is 28.1 Å². The SMILES string of the molecule is CCS(=O)(=O)N=NS(=O)(=O)N=NC(C)(C)C. The molecule has 16 heavy (non-hydrogen) atoms. The van der Waals surface area contributed by atoms with Crippen molar-refractivity contribution >= 4 is 20.2 Å². The molecule has 0 spiro atoms. The highest BCUT2D eigenvalue weighted by Crippen LogP contribution is 2.10. The smallest absolute Gasteiger partial charge is 0.203 e. The number of hydrogen-bond acceptors (Lipinski definition) is 5. The molecule has 0 unspecified atom stereocenters. The average molecular weight is 270 g/mol. The second kappa shape index (κ2) is 4.95. The van der Waals surface area contributed by atoms with Crippen LogP contribution in [0.3, 0.4) is 0 Å². The van der Waals surface area contributed by atoms with E-state index in [1.54, 1.807) is 20.8 Å². The van der Waals surface area contributed by atoms with E-state index in [1.807, 2.05) is 0 Å². The van der Waals surface area contributed by atoms with Crippen molar-refractivity contribution in [3.05, 3.63) is 0 Å². The maximum absolute atomic E-state index is 11.1. The monoisotopic (exact) mass is 270 g/mol. The minimum Gasteiger partial charge on any atom is -0.203 e. The van der Waals surface area contributed by atoms with Crippen molar-refractivity contribution < 1.29 is 16.8 Å². The third-order valence-electron chi connectivity index (χ3n) is 1.07. The van der Waals surface area contributed by atoms with Crippen molar-refractivity contribution in [2.45, 2.75) is 33.2 Å². The molecule has 0 saturated heterocycles. The van der Waals surface area contributed by atoms with Crippen molar-refractivity contribution in [2.24, 2.45) is 18.7 Å². The van der Waals surface area contributed by atoms with Crippen LogP contribution in [0, 0.1) is 0 Å². The third-order valence-corrected chi connectivity index (χ3v) is 2.81. The van der Waals surface area contributed by atoms with Crippen LogP contribution in [0.15, 0.2) is 18.7 Å². The Bertz CT molecular complexity index is 483. The fourth-order valence-corrected chi connectivity index (χ4v) is 1.58. The molecule has 0 saturated carbocycles. The van der Waals surface area contributed by atoms with Gasteiger partial charge in [-0.05, 0) is 41.3 Å². The van der Waals surface area contributed by atoms with E-state index in [-0.39, 0.29) is 5.75 Å². The lowest BCUT2D eigenvalue weighted by Crippen LogP contribution is -2.09. The molecule has 0 bridgehead atoms. The molecule has 0 aliphatic carbocycles. The van der Waals surface area contributed by atoms with Crippen molar-refractivity contribution in [2.75, 3.05) is 5.75 Å². The van der Waals surface area contributed by atoms with Gasteiger partial charge < -0.3 is 0 Å². The molecule has 0 heterocycles. The van der Waals surface area contributed by atoms with Gasteiger partial charge in [-0.25, -0.2) is 8.42 Å². The predicted octanol–water partition coefficient (Wildman–Crippen LogP) is 1.28. The molecule has 0 atom stereocenters. The predicted molar refractivity (Wildman–Crippen MR) is 57.8 cm³/mol. The summed E-state index contributed by atoms with van der Waals surface area (Å²) in [6.45, 7) is 6.21. The van der Waals surface area contributed by atoms with Gasteiger partial charge in [0.25, 0.3) is 10.0 Å². The van der Waals surface area contributed by atoms with Crippen LogP contribution in [0.5, 0.6) is 0 Å². The van der Waals surface area contributed by atoms with Crippen molar-refractivity contribution in [3.8, 4) is 0 Å². The molecule has 0 N–H and O–H groups in total. The summed E-state index contributed by atoms with van der Waals surface area (Å²) in [5.41, 5.74) is -0.688. The maximum Gasteiger partial charge on any atom is 0.398 e. The zero-order valence-electron chi connectivity index (χ0n) is 9.45. The molecule has 10 heteroatoms. The fourth-order valence-electron chi connectivity index (χ4n) is 0.341. The first kappa shape index (κ1) is 15.1. The van der Waals surface area contributed by atoms with Crippen molar-refractivity contribution in [1.29, 1.82) is 0 Å².